The fourth-order valence-electron chi connectivity index (χ4n) is 4.78. The molecule has 148 valence electrons. The standard InChI is InChI=1S/C25H32N2O/c1-18-16-27(20(3)28)17-24-11-10-23(15-25(18)24)22-8-6-21(7-9-22)12-14-26-13-4-5-19(26)2/h6-11,15,18-19H,4-5,12-14,16-17H2,1-3H3/t18?,19-/m1/s1. The van der Waals surface area contributed by atoms with E-state index in [0.29, 0.717) is 5.92 Å². The van der Waals surface area contributed by atoms with Crippen molar-refractivity contribution in [1.29, 1.82) is 0 Å². The monoisotopic (exact) mass is 376 g/mol. The molecule has 4 rings (SSSR count). The van der Waals surface area contributed by atoms with Crippen LogP contribution in [0.5, 0.6) is 0 Å². The quantitative estimate of drug-likeness (QED) is 0.762. The molecule has 0 N–H and O–H groups in total. The van der Waals surface area contributed by atoms with Gasteiger partial charge >= 0.3 is 0 Å². The van der Waals surface area contributed by atoms with Crippen LogP contribution in [0.15, 0.2) is 42.5 Å². The zero-order valence-electron chi connectivity index (χ0n) is 17.4. The van der Waals surface area contributed by atoms with E-state index in [1.54, 1.807) is 6.92 Å². The molecule has 0 spiro atoms. The lowest BCUT2D eigenvalue weighted by Crippen LogP contribution is -2.36. The molecule has 0 aromatic heterocycles. The van der Waals surface area contributed by atoms with E-state index in [0.717, 1.165) is 25.6 Å². The number of amides is 1. The number of benzene rings is 2. The number of fused-ring (bicyclic) bond motifs is 1. The Kier molecular flexibility index (Phi) is 5.54. The molecule has 2 aliphatic heterocycles. The van der Waals surface area contributed by atoms with Gasteiger partial charge in [0.1, 0.15) is 0 Å². The van der Waals surface area contributed by atoms with Crippen LogP contribution in [0.4, 0.5) is 0 Å². The fourth-order valence-corrected chi connectivity index (χ4v) is 4.78. The summed E-state index contributed by atoms with van der Waals surface area (Å²) in [5.74, 6) is 0.551. The Hall–Kier alpha value is -2.13. The minimum Gasteiger partial charge on any atom is -0.338 e. The van der Waals surface area contributed by atoms with Crippen molar-refractivity contribution in [3.05, 3.63) is 59.2 Å². The van der Waals surface area contributed by atoms with Crippen LogP contribution < -0.4 is 0 Å². The van der Waals surface area contributed by atoms with Crippen molar-refractivity contribution in [2.24, 2.45) is 0 Å². The number of rotatable bonds is 4. The van der Waals surface area contributed by atoms with Crippen LogP contribution in [-0.2, 0) is 17.8 Å². The molecule has 2 atom stereocenters. The van der Waals surface area contributed by atoms with Gasteiger partial charge in [-0.25, -0.2) is 0 Å². The first-order valence-electron chi connectivity index (χ1n) is 10.7. The molecule has 2 aromatic carbocycles. The van der Waals surface area contributed by atoms with Crippen molar-refractivity contribution in [2.45, 2.75) is 58.5 Å². The summed E-state index contributed by atoms with van der Waals surface area (Å²) in [4.78, 5) is 16.3. The molecule has 0 saturated carbocycles. The van der Waals surface area contributed by atoms with E-state index in [1.807, 2.05) is 4.90 Å². The summed E-state index contributed by atoms with van der Waals surface area (Å²) in [5.41, 5.74) is 6.66. The van der Waals surface area contributed by atoms with Gasteiger partial charge in [0.05, 0.1) is 0 Å². The molecule has 0 bridgehead atoms. The van der Waals surface area contributed by atoms with E-state index < -0.39 is 0 Å². The van der Waals surface area contributed by atoms with Crippen molar-refractivity contribution in [3.63, 3.8) is 0 Å². The first-order chi connectivity index (χ1) is 13.5. The number of carbonyl (C=O) groups excluding carboxylic acids is 1. The largest absolute Gasteiger partial charge is 0.338 e. The lowest BCUT2D eigenvalue weighted by molar-refractivity contribution is -0.130. The van der Waals surface area contributed by atoms with Crippen LogP contribution in [0.25, 0.3) is 11.1 Å². The third-order valence-corrected chi connectivity index (χ3v) is 6.64. The summed E-state index contributed by atoms with van der Waals surface area (Å²) in [7, 11) is 0. The Labute approximate surface area is 169 Å². The number of likely N-dealkylation sites (tertiary alicyclic amines) is 1. The van der Waals surface area contributed by atoms with Crippen molar-refractivity contribution in [2.75, 3.05) is 19.6 Å². The van der Waals surface area contributed by atoms with E-state index in [2.05, 4.69) is 61.2 Å². The normalized spacial score (nSPS) is 22.3. The maximum atomic E-state index is 11.8. The van der Waals surface area contributed by atoms with Crippen molar-refractivity contribution in [1.82, 2.24) is 9.80 Å². The van der Waals surface area contributed by atoms with Gasteiger partial charge in [0, 0.05) is 32.6 Å². The Bertz CT molecular complexity index is 842. The Morgan fingerprint density at radius 3 is 2.50 bits per heavy atom. The van der Waals surface area contributed by atoms with Crippen LogP contribution in [-0.4, -0.2) is 41.4 Å². The molecule has 2 aliphatic rings. The third-order valence-electron chi connectivity index (χ3n) is 6.64. The summed E-state index contributed by atoms with van der Waals surface area (Å²) >= 11 is 0. The minimum absolute atomic E-state index is 0.167. The van der Waals surface area contributed by atoms with Crippen LogP contribution >= 0.6 is 0 Å². The molecule has 28 heavy (non-hydrogen) atoms. The van der Waals surface area contributed by atoms with E-state index in [9.17, 15) is 4.79 Å². The molecule has 1 saturated heterocycles. The molecule has 1 unspecified atom stereocenters. The molecule has 1 amide bonds. The first-order valence-corrected chi connectivity index (χ1v) is 10.7. The number of hydrogen-bond donors (Lipinski definition) is 0. The molecule has 0 radical (unpaired) electrons. The van der Waals surface area contributed by atoms with Crippen LogP contribution in [0.1, 0.15) is 56.2 Å². The van der Waals surface area contributed by atoms with Gasteiger partial charge in [-0.15, -0.1) is 0 Å². The lowest BCUT2D eigenvalue weighted by Gasteiger charge is -2.32. The Balaban J connectivity index is 1.46. The predicted molar refractivity (Wildman–Crippen MR) is 115 cm³/mol. The second kappa shape index (κ2) is 8.08. The molecular weight excluding hydrogens is 344 g/mol. The first kappa shape index (κ1) is 19.2. The SMILES string of the molecule is CC(=O)N1Cc2ccc(-c3ccc(CCN4CCC[C@H]4C)cc3)cc2C(C)C1. The second-order valence-corrected chi connectivity index (χ2v) is 8.69. The maximum absolute atomic E-state index is 11.8. The predicted octanol–water partition coefficient (Wildman–Crippen LogP) is 4.85. The molecule has 0 aliphatic carbocycles. The van der Waals surface area contributed by atoms with Gasteiger partial charge in [-0.2, -0.15) is 0 Å². The number of hydrogen-bond acceptors (Lipinski definition) is 2. The third kappa shape index (κ3) is 4.00. The minimum atomic E-state index is 0.167. The van der Waals surface area contributed by atoms with Gasteiger partial charge in [-0.05, 0) is 66.5 Å². The average molecular weight is 377 g/mol. The van der Waals surface area contributed by atoms with Gasteiger partial charge in [-0.3, -0.25) is 4.79 Å². The van der Waals surface area contributed by atoms with Gasteiger partial charge in [0.15, 0.2) is 0 Å². The highest BCUT2D eigenvalue weighted by Crippen LogP contribution is 2.32. The van der Waals surface area contributed by atoms with E-state index >= 15 is 0 Å². The average Bonchev–Trinajstić information content (AvgIpc) is 3.11. The van der Waals surface area contributed by atoms with Crippen LogP contribution in [0.3, 0.4) is 0 Å². The Morgan fingerprint density at radius 2 is 1.82 bits per heavy atom. The summed E-state index contributed by atoms with van der Waals surface area (Å²) < 4.78 is 0. The topological polar surface area (TPSA) is 23.6 Å². The highest BCUT2D eigenvalue weighted by molar-refractivity contribution is 5.74. The Morgan fingerprint density at radius 1 is 1.07 bits per heavy atom. The van der Waals surface area contributed by atoms with Crippen LogP contribution in [0.2, 0.25) is 0 Å². The lowest BCUT2D eigenvalue weighted by atomic mass is 9.88. The molecule has 3 nitrogen and oxygen atoms in total. The number of nitrogens with zero attached hydrogens (tertiary/aromatic N) is 2. The molecule has 2 aromatic rings. The van der Waals surface area contributed by atoms with Gasteiger partial charge in [-0.1, -0.05) is 49.4 Å². The molecule has 3 heteroatoms. The van der Waals surface area contributed by atoms with Gasteiger partial charge < -0.3 is 9.80 Å². The molecule has 1 fully saturated rings. The van der Waals surface area contributed by atoms with Gasteiger partial charge in [0.25, 0.3) is 0 Å². The summed E-state index contributed by atoms with van der Waals surface area (Å²) in [6.07, 6.45) is 3.83. The highest BCUT2D eigenvalue weighted by Gasteiger charge is 2.24. The second-order valence-electron chi connectivity index (χ2n) is 8.69. The van der Waals surface area contributed by atoms with E-state index in [4.69, 9.17) is 0 Å². The zero-order chi connectivity index (χ0) is 19.7. The van der Waals surface area contributed by atoms with E-state index in [1.165, 1.54) is 53.7 Å². The van der Waals surface area contributed by atoms with E-state index in [-0.39, 0.29) is 5.91 Å². The zero-order valence-corrected chi connectivity index (χ0v) is 17.4. The van der Waals surface area contributed by atoms with Crippen molar-refractivity contribution >= 4 is 5.91 Å². The van der Waals surface area contributed by atoms with Crippen molar-refractivity contribution in [3.8, 4) is 11.1 Å². The van der Waals surface area contributed by atoms with Gasteiger partial charge in [0.2, 0.25) is 5.91 Å². The highest BCUT2D eigenvalue weighted by atomic mass is 16.2. The molecule has 2 heterocycles. The fraction of sp³-hybridized carbons (Fsp3) is 0.480. The summed E-state index contributed by atoms with van der Waals surface area (Å²) in [6, 6.07) is 16.6. The maximum Gasteiger partial charge on any atom is 0.219 e. The smallest absolute Gasteiger partial charge is 0.219 e. The summed E-state index contributed by atoms with van der Waals surface area (Å²) in [6.45, 7) is 10.2. The summed E-state index contributed by atoms with van der Waals surface area (Å²) in [5, 5.41) is 0. The van der Waals surface area contributed by atoms with Crippen LogP contribution in [0, 0.1) is 0 Å². The molecular formula is C25H32N2O. The number of carbonyl (C=O) groups is 1. The van der Waals surface area contributed by atoms with Crippen molar-refractivity contribution < 1.29 is 4.79 Å².